The van der Waals surface area contributed by atoms with Crippen LogP contribution in [0.2, 0.25) is 0 Å². The zero-order chi connectivity index (χ0) is 21.8. The number of aryl methyl sites for hydroxylation is 3. The predicted octanol–water partition coefficient (Wildman–Crippen LogP) is 4.28. The molecule has 1 aromatic carbocycles. The molecule has 9 nitrogen and oxygen atoms in total. The van der Waals surface area contributed by atoms with E-state index in [4.69, 9.17) is 0 Å². The van der Waals surface area contributed by atoms with Gasteiger partial charge in [-0.3, -0.25) is 15.0 Å². The van der Waals surface area contributed by atoms with E-state index in [2.05, 4.69) is 55.1 Å². The van der Waals surface area contributed by atoms with Gasteiger partial charge in [0.1, 0.15) is 5.82 Å². The van der Waals surface area contributed by atoms with Crippen molar-refractivity contribution in [1.29, 1.82) is 0 Å². The maximum Gasteiger partial charge on any atom is 0.324 e. The fourth-order valence-corrected chi connectivity index (χ4v) is 2.91. The van der Waals surface area contributed by atoms with Gasteiger partial charge >= 0.3 is 6.03 Å². The van der Waals surface area contributed by atoms with E-state index in [-0.39, 0.29) is 6.03 Å². The Bertz CT molecular complexity index is 1200. The third-order valence-electron chi connectivity index (χ3n) is 4.69. The van der Waals surface area contributed by atoms with Gasteiger partial charge in [0, 0.05) is 31.1 Å². The summed E-state index contributed by atoms with van der Waals surface area (Å²) in [5, 5.41) is 12.7. The highest BCUT2D eigenvalue weighted by Gasteiger charge is 2.10. The number of nitrogens with one attached hydrogen (secondary N) is 3. The summed E-state index contributed by atoms with van der Waals surface area (Å²) < 4.78 is 1.57. The molecule has 31 heavy (non-hydrogen) atoms. The Labute approximate surface area is 179 Å². The lowest BCUT2D eigenvalue weighted by Gasteiger charge is -2.12. The minimum Gasteiger partial charge on any atom is -0.323 e. The minimum absolute atomic E-state index is 0.385. The number of pyridine rings is 1. The number of urea groups is 1. The molecule has 0 saturated carbocycles. The van der Waals surface area contributed by atoms with Gasteiger partial charge in [-0.25, -0.2) is 14.8 Å². The molecular weight excluding hydrogens is 392 g/mol. The molecular formula is C22H22N8O. The van der Waals surface area contributed by atoms with E-state index in [1.165, 1.54) is 5.56 Å². The van der Waals surface area contributed by atoms with Crippen molar-refractivity contribution in [1.82, 2.24) is 24.7 Å². The number of hydrogen-bond donors (Lipinski definition) is 3. The van der Waals surface area contributed by atoms with E-state index in [1.54, 1.807) is 48.6 Å². The minimum atomic E-state index is -0.385. The van der Waals surface area contributed by atoms with Crippen molar-refractivity contribution >= 4 is 29.2 Å². The highest BCUT2D eigenvalue weighted by molar-refractivity contribution is 5.99. The standard InChI is InChI=1S/C22H22N8O/c1-14-4-6-16(7-5-14)17-11-24-21(25-12-17)27-18-10-19(15(2)23-13-18)28-22(31)29-20-8-9-26-30(20)3/h4-13H,1-3H3,(H,24,25,27)(H2,28,29,31). The molecule has 2 amide bonds. The third-order valence-corrected chi connectivity index (χ3v) is 4.69. The summed E-state index contributed by atoms with van der Waals surface area (Å²) in [6, 6.07) is 11.3. The lowest BCUT2D eigenvalue weighted by molar-refractivity contribution is 0.262. The number of carbonyl (C=O) groups excluding carboxylic acids is 1. The Morgan fingerprint density at radius 3 is 2.32 bits per heavy atom. The molecule has 9 heteroatoms. The van der Waals surface area contributed by atoms with Gasteiger partial charge in [0.25, 0.3) is 0 Å². The number of carbonyl (C=O) groups is 1. The van der Waals surface area contributed by atoms with Crippen LogP contribution in [0.15, 0.2) is 61.2 Å². The summed E-state index contributed by atoms with van der Waals surface area (Å²) in [6.07, 6.45) is 6.80. The summed E-state index contributed by atoms with van der Waals surface area (Å²) in [7, 11) is 1.75. The Hall–Kier alpha value is -4.27. The number of benzene rings is 1. The van der Waals surface area contributed by atoms with Gasteiger partial charge in [-0.1, -0.05) is 29.8 Å². The first-order valence-corrected chi connectivity index (χ1v) is 9.67. The number of aromatic nitrogens is 5. The molecule has 3 heterocycles. The molecule has 0 saturated heterocycles. The maximum absolute atomic E-state index is 12.3. The normalized spacial score (nSPS) is 10.5. The molecule has 0 unspecified atom stereocenters. The number of rotatable bonds is 5. The maximum atomic E-state index is 12.3. The van der Waals surface area contributed by atoms with Crippen molar-refractivity contribution in [2.45, 2.75) is 13.8 Å². The number of nitrogens with zero attached hydrogens (tertiary/aromatic N) is 5. The van der Waals surface area contributed by atoms with Crippen LogP contribution < -0.4 is 16.0 Å². The Kier molecular flexibility index (Phi) is 5.57. The second-order valence-corrected chi connectivity index (χ2v) is 7.06. The fraction of sp³-hybridized carbons (Fsp3) is 0.136. The lowest BCUT2D eigenvalue weighted by Crippen LogP contribution is -2.21. The van der Waals surface area contributed by atoms with Crippen molar-refractivity contribution in [3.8, 4) is 11.1 Å². The van der Waals surface area contributed by atoms with Crippen molar-refractivity contribution < 1.29 is 4.79 Å². The first kappa shape index (κ1) is 20.0. The Balaban J connectivity index is 1.45. The van der Waals surface area contributed by atoms with Crippen LogP contribution in [0, 0.1) is 13.8 Å². The molecule has 0 aliphatic rings. The SMILES string of the molecule is Cc1ccc(-c2cnc(Nc3cnc(C)c(NC(=O)Nc4ccnn4C)c3)nc2)cc1. The Morgan fingerprint density at radius 1 is 0.903 bits per heavy atom. The van der Waals surface area contributed by atoms with Crippen molar-refractivity contribution in [2.75, 3.05) is 16.0 Å². The number of amides is 2. The van der Waals surface area contributed by atoms with Crippen LogP contribution in [0.5, 0.6) is 0 Å². The van der Waals surface area contributed by atoms with Crippen LogP contribution in [0.1, 0.15) is 11.3 Å². The van der Waals surface area contributed by atoms with E-state index in [0.717, 1.165) is 11.1 Å². The molecule has 0 bridgehead atoms. The van der Waals surface area contributed by atoms with Gasteiger partial charge in [-0.05, 0) is 25.5 Å². The van der Waals surface area contributed by atoms with Gasteiger partial charge in [-0.15, -0.1) is 0 Å². The predicted molar refractivity (Wildman–Crippen MR) is 120 cm³/mol. The highest BCUT2D eigenvalue weighted by atomic mass is 16.2. The summed E-state index contributed by atoms with van der Waals surface area (Å²) in [5.74, 6) is 1.02. The van der Waals surface area contributed by atoms with Crippen LogP contribution in [0.3, 0.4) is 0 Å². The van der Waals surface area contributed by atoms with Crippen LogP contribution >= 0.6 is 0 Å². The smallest absolute Gasteiger partial charge is 0.323 e. The summed E-state index contributed by atoms with van der Waals surface area (Å²) in [4.78, 5) is 25.4. The van der Waals surface area contributed by atoms with Gasteiger partial charge in [0.05, 0.1) is 29.5 Å². The first-order valence-electron chi connectivity index (χ1n) is 9.67. The van der Waals surface area contributed by atoms with E-state index in [9.17, 15) is 4.79 Å². The van der Waals surface area contributed by atoms with Crippen LogP contribution in [-0.2, 0) is 7.05 Å². The van der Waals surface area contributed by atoms with E-state index >= 15 is 0 Å². The monoisotopic (exact) mass is 414 g/mol. The first-order chi connectivity index (χ1) is 15.0. The molecule has 4 rings (SSSR count). The van der Waals surface area contributed by atoms with Gasteiger partial charge < -0.3 is 10.6 Å². The van der Waals surface area contributed by atoms with Crippen LogP contribution in [0.4, 0.5) is 27.9 Å². The van der Waals surface area contributed by atoms with E-state index in [1.807, 2.05) is 19.1 Å². The largest absolute Gasteiger partial charge is 0.324 e. The third kappa shape index (κ3) is 4.84. The Morgan fingerprint density at radius 2 is 1.65 bits per heavy atom. The fourth-order valence-electron chi connectivity index (χ4n) is 2.91. The van der Waals surface area contributed by atoms with Gasteiger partial charge in [0.2, 0.25) is 5.95 Å². The molecule has 3 N–H and O–H groups in total. The lowest BCUT2D eigenvalue weighted by atomic mass is 10.1. The number of hydrogen-bond acceptors (Lipinski definition) is 6. The summed E-state index contributed by atoms with van der Waals surface area (Å²) in [5.41, 5.74) is 5.10. The topological polar surface area (TPSA) is 110 Å². The van der Waals surface area contributed by atoms with E-state index in [0.29, 0.717) is 28.8 Å². The molecule has 0 aliphatic heterocycles. The second kappa shape index (κ2) is 8.62. The van der Waals surface area contributed by atoms with Crippen molar-refractivity contribution in [3.05, 3.63) is 72.4 Å². The summed E-state index contributed by atoms with van der Waals surface area (Å²) in [6.45, 7) is 3.87. The van der Waals surface area contributed by atoms with Gasteiger partial charge in [0.15, 0.2) is 0 Å². The molecule has 156 valence electrons. The average Bonchev–Trinajstić information content (AvgIpc) is 3.16. The molecule has 0 atom stereocenters. The average molecular weight is 414 g/mol. The quantitative estimate of drug-likeness (QED) is 0.450. The zero-order valence-electron chi connectivity index (χ0n) is 17.4. The van der Waals surface area contributed by atoms with Gasteiger partial charge in [-0.2, -0.15) is 5.10 Å². The molecule has 0 aliphatic carbocycles. The van der Waals surface area contributed by atoms with Crippen molar-refractivity contribution in [2.24, 2.45) is 7.05 Å². The molecule has 3 aromatic heterocycles. The van der Waals surface area contributed by atoms with Crippen LogP contribution in [0.25, 0.3) is 11.1 Å². The summed E-state index contributed by atoms with van der Waals surface area (Å²) >= 11 is 0. The molecule has 0 fully saturated rings. The highest BCUT2D eigenvalue weighted by Crippen LogP contribution is 2.22. The number of anilines is 4. The second-order valence-electron chi connectivity index (χ2n) is 7.06. The zero-order valence-corrected chi connectivity index (χ0v) is 17.4. The van der Waals surface area contributed by atoms with Crippen LogP contribution in [-0.4, -0.2) is 30.8 Å². The van der Waals surface area contributed by atoms with E-state index < -0.39 is 0 Å². The molecule has 4 aromatic rings. The van der Waals surface area contributed by atoms with Crippen molar-refractivity contribution in [3.63, 3.8) is 0 Å². The molecule has 0 radical (unpaired) electrons. The molecule has 0 spiro atoms.